The van der Waals surface area contributed by atoms with Gasteiger partial charge in [-0.1, -0.05) is 77.8 Å². The molecule has 1 fully saturated rings. The van der Waals surface area contributed by atoms with Gasteiger partial charge in [-0.05, 0) is 29.8 Å². The van der Waals surface area contributed by atoms with E-state index in [1.807, 2.05) is 54.7 Å². The van der Waals surface area contributed by atoms with Crippen molar-refractivity contribution < 1.29 is 0 Å². The molecule has 2 heterocycles. The molecular formula is C27H24Cl2N4. The fraction of sp³-hybridized carbons (Fsp3) is 0.185. The van der Waals surface area contributed by atoms with E-state index in [2.05, 4.69) is 40.1 Å². The average Bonchev–Trinajstić information content (AvgIpc) is 2.86. The van der Waals surface area contributed by atoms with Gasteiger partial charge in [-0.2, -0.15) is 0 Å². The molecule has 166 valence electrons. The van der Waals surface area contributed by atoms with Gasteiger partial charge in [0.2, 0.25) is 0 Å². The Kier molecular flexibility index (Phi) is 6.58. The first-order valence-electron chi connectivity index (χ1n) is 11.1. The number of nitrogens with zero attached hydrogens (tertiary/aromatic N) is 4. The minimum absolute atomic E-state index is 0.699. The van der Waals surface area contributed by atoms with Gasteiger partial charge in [0.25, 0.3) is 0 Å². The van der Waals surface area contributed by atoms with Crippen molar-refractivity contribution in [2.24, 2.45) is 0 Å². The van der Waals surface area contributed by atoms with Crippen LogP contribution in [0.15, 0.2) is 85.1 Å². The molecule has 6 heteroatoms. The molecule has 0 bridgehead atoms. The highest BCUT2D eigenvalue weighted by molar-refractivity contribution is 6.31. The van der Waals surface area contributed by atoms with Gasteiger partial charge in [0.1, 0.15) is 5.82 Å². The summed E-state index contributed by atoms with van der Waals surface area (Å²) >= 11 is 12.2. The number of aromatic nitrogens is 2. The maximum atomic E-state index is 6.13. The molecule has 1 aliphatic rings. The Hall–Kier alpha value is -2.92. The summed E-state index contributed by atoms with van der Waals surface area (Å²) in [6.45, 7) is 4.80. The Morgan fingerprint density at radius 1 is 0.667 bits per heavy atom. The fourth-order valence-corrected chi connectivity index (χ4v) is 4.39. The summed E-state index contributed by atoms with van der Waals surface area (Å²) in [6.07, 6.45) is 1.89. The van der Waals surface area contributed by atoms with Crippen LogP contribution in [0.3, 0.4) is 0 Å². The van der Waals surface area contributed by atoms with Gasteiger partial charge in [0.15, 0.2) is 0 Å². The zero-order valence-corrected chi connectivity index (χ0v) is 19.7. The summed E-state index contributed by atoms with van der Waals surface area (Å²) in [4.78, 5) is 14.7. The van der Waals surface area contributed by atoms with E-state index in [1.165, 1.54) is 5.56 Å². The van der Waals surface area contributed by atoms with Crippen molar-refractivity contribution in [3.8, 4) is 22.5 Å². The number of halogens is 2. The lowest BCUT2D eigenvalue weighted by Crippen LogP contribution is -2.46. The largest absolute Gasteiger partial charge is 0.353 e. The topological polar surface area (TPSA) is 32.3 Å². The minimum atomic E-state index is 0.699. The summed E-state index contributed by atoms with van der Waals surface area (Å²) in [7, 11) is 0. The van der Waals surface area contributed by atoms with Crippen LogP contribution < -0.4 is 4.90 Å². The van der Waals surface area contributed by atoms with Gasteiger partial charge < -0.3 is 4.90 Å². The fourth-order valence-electron chi connectivity index (χ4n) is 4.14. The van der Waals surface area contributed by atoms with Crippen LogP contribution in [0.1, 0.15) is 5.56 Å². The van der Waals surface area contributed by atoms with Gasteiger partial charge in [-0.3, -0.25) is 9.88 Å². The number of hydrogen-bond acceptors (Lipinski definition) is 4. The van der Waals surface area contributed by atoms with Crippen molar-refractivity contribution in [3.63, 3.8) is 0 Å². The Labute approximate surface area is 204 Å². The van der Waals surface area contributed by atoms with Crippen LogP contribution in [-0.2, 0) is 6.54 Å². The Balaban J connectivity index is 1.40. The van der Waals surface area contributed by atoms with E-state index in [0.29, 0.717) is 10.0 Å². The van der Waals surface area contributed by atoms with Crippen molar-refractivity contribution >= 4 is 29.0 Å². The van der Waals surface area contributed by atoms with E-state index in [0.717, 1.165) is 61.1 Å². The molecule has 5 rings (SSSR count). The first-order valence-corrected chi connectivity index (χ1v) is 11.8. The van der Waals surface area contributed by atoms with Crippen molar-refractivity contribution in [2.75, 3.05) is 31.1 Å². The molecule has 0 amide bonds. The smallest absolute Gasteiger partial charge is 0.147 e. The van der Waals surface area contributed by atoms with Crippen molar-refractivity contribution in [2.45, 2.75) is 6.54 Å². The molecule has 0 aliphatic carbocycles. The molecule has 0 spiro atoms. The highest BCUT2D eigenvalue weighted by Gasteiger charge is 2.20. The van der Waals surface area contributed by atoms with Gasteiger partial charge in [-0.25, -0.2) is 4.98 Å². The lowest BCUT2D eigenvalue weighted by Gasteiger charge is -2.35. The normalized spacial score (nSPS) is 14.4. The lowest BCUT2D eigenvalue weighted by atomic mass is 10.0. The molecule has 0 unspecified atom stereocenters. The molecule has 3 aromatic carbocycles. The second-order valence-corrected chi connectivity index (χ2v) is 9.06. The van der Waals surface area contributed by atoms with E-state index in [4.69, 9.17) is 33.2 Å². The predicted molar refractivity (Wildman–Crippen MR) is 137 cm³/mol. The molecule has 0 saturated carbocycles. The molecule has 0 N–H and O–H groups in total. The highest BCUT2D eigenvalue weighted by atomic mass is 35.5. The van der Waals surface area contributed by atoms with Crippen LogP contribution in [0.2, 0.25) is 10.0 Å². The van der Waals surface area contributed by atoms with Gasteiger partial charge >= 0.3 is 0 Å². The van der Waals surface area contributed by atoms with Gasteiger partial charge in [-0.15, -0.1) is 0 Å². The summed E-state index contributed by atoms with van der Waals surface area (Å²) in [5, 5.41) is 1.40. The summed E-state index contributed by atoms with van der Waals surface area (Å²) < 4.78 is 0. The van der Waals surface area contributed by atoms with Crippen molar-refractivity contribution in [1.29, 1.82) is 0 Å². The molecule has 1 aromatic heterocycles. The Bertz CT molecular complexity index is 1200. The van der Waals surface area contributed by atoms with Crippen molar-refractivity contribution in [1.82, 2.24) is 14.9 Å². The van der Waals surface area contributed by atoms with E-state index >= 15 is 0 Å². The second kappa shape index (κ2) is 9.92. The standard InChI is InChI=1S/C27H24Cl2N4/c28-23-10-6-21(7-11-23)26-27(22-8-12-24(29)13-9-22)31-25(18-30-26)33-16-14-32(15-17-33)19-20-4-2-1-3-5-20/h1-13,18H,14-17,19H2. The highest BCUT2D eigenvalue weighted by Crippen LogP contribution is 2.32. The van der Waals surface area contributed by atoms with E-state index in [9.17, 15) is 0 Å². The molecule has 1 saturated heterocycles. The number of rotatable bonds is 5. The first-order chi connectivity index (χ1) is 16.2. The Morgan fingerprint density at radius 2 is 1.24 bits per heavy atom. The lowest BCUT2D eigenvalue weighted by molar-refractivity contribution is 0.249. The second-order valence-electron chi connectivity index (χ2n) is 8.19. The third-order valence-corrected chi connectivity index (χ3v) is 6.44. The molecular weight excluding hydrogens is 451 g/mol. The number of hydrogen-bond donors (Lipinski definition) is 0. The summed E-state index contributed by atoms with van der Waals surface area (Å²) in [6, 6.07) is 26.1. The SMILES string of the molecule is Clc1ccc(-c2ncc(N3CCN(Cc4ccccc4)CC3)nc2-c2ccc(Cl)cc2)cc1. The van der Waals surface area contributed by atoms with E-state index in [1.54, 1.807) is 0 Å². The van der Waals surface area contributed by atoms with Crippen LogP contribution in [0.5, 0.6) is 0 Å². The molecule has 33 heavy (non-hydrogen) atoms. The van der Waals surface area contributed by atoms with Crippen LogP contribution in [-0.4, -0.2) is 41.0 Å². The number of anilines is 1. The van der Waals surface area contributed by atoms with Crippen LogP contribution in [0, 0.1) is 0 Å². The summed E-state index contributed by atoms with van der Waals surface area (Å²) in [5.74, 6) is 0.900. The average molecular weight is 475 g/mol. The van der Waals surface area contributed by atoms with E-state index in [-0.39, 0.29) is 0 Å². The molecule has 4 nitrogen and oxygen atoms in total. The molecule has 0 atom stereocenters. The van der Waals surface area contributed by atoms with Crippen LogP contribution >= 0.6 is 23.2 Å². The quantitative estimate of drug-likeness (QED) is 0.333. The zero-order chi connectivity index (χ0) is 22.6. The van der Waals surface area contributed by atoms with Gasteiger partial charge in [0, 0.05) is 53.9 Å². The third-order valence-electron chi connectivity index (χ3n) is 5.94. The summed E-state index contributed by atoms with van der Waals surface area (Å²) in [5.41, 5.74) is 5.00. The van der Waals surface area contributed by atoms with Crippen LogP contribution in [0.4, 0.5) is 5.82 Å². The Morgan fingerprint density at radius 3 is 1.85 bits per heavy atom. The van der Waals surface area contributed by atoms with Crippen LogP contribution in [0.25, 0.3) is 22.5 Å². The zero-order valence-electron chi connectivity index (χ0n) is 18.2. The maximum absolute atomic E-state index is 6.13. The maximum Gasteiger partial charge on any atom is 0.147 e. The minimum Gasteiger partial charge on any atom is -0.353 e. The molecule has 0 radical (unpaired) electrons. The number of piperazine rings is 1. The first kappa shape index (κ1) is 21.9. The van der Waals surface area contributed by atoms with Crippen molar-refractivity contribution in [3.05, 3.63) is 101 Å². The molecule has 4 aromatic rings. The predicted octanol–water partition coefficient (Wildman–Crippen LogP) is 6.44. The third kappa shape index (κ3) is 5.19. The van der Waals surface area contributed by atoms with E-state index < -0.39 is 0 Å². The monoisotopic (exact) mass is 474 g/mol. The molecule has 1 aliphatic heterocycles. The number of benzene rings is 3. The van der Waals surface area contributed by atoms with Gasteiger partial charge in [0.05, 0.1) is 17.6 Å².